The van der Waals surface area contributed by atoms with Crippen LogP contribution in [0.5, 0.6) is 5.75 Å². The molecule has 0 saturated heterocycles. The quantitative estimate of drug-likeness (QED) is 0.669. The molecule has 2 aromatic rings. The van der Waals surface area contributed by atoms with Crippen molar-refractivity contribution in [3.8, 4) is 5.75 Å². The van der Waals surface area contributed by atoms with Gasteiger partial charge in [0.1, 0.15) is 5.75 Å². The van der Waals surface area contributed by atoms with Crippen LogP contribution in [-0.4, -0.2) is 18.2 Å². The Balaban J connectivity index is 1.83. The van der Waals surface area contributed by atoms with Gasteiger partial charge < -0.3 is 4.74 Å². The van der Waals surface area contributed by atoms with E-state index in [1.54, 1.807) is 12.1 Å². The lowest BCUT2D eigenvalue weighted by Crippen LogP contribution is -2.25. The van der Waals surface area contributed by atoms with Crippen LogP contribution in [0.4, 0.5) is 0 Å². The zero-order chi connectivity index (χ0) is 14.2. The van der Waals surface area contributed by atoms with Crippen molar-refractivity contribution >= 4 is 11.6 Å². The molecular weight excluding hydrogens is 252 g/mol. The molecule has 1 N–H and O–H groups in total. The number of nitrogens with one attached hydrogen (secondary N) is 1. The van der Waals surface area contributed by atoms with Gasteiger partial charge in [0.05, 0.1) is 5.71 Å². The third kappa shape index (κ3) is 4.24. The van der Waals surface area contributed by atoms with Gasteiger partial charge in [-0.2, -0.15) is 5.10 Å². The molecule has 4 heteroatoms. The Morgan fingerprint density at radius 1 is 1.05 bits per heavy atom. The minimum Gasteiger partial charge on any atom is -0.484 e. The van der Waals surface area contributed by atoms with Gasteiger partial charge in [-0.05, 0) is 24.6 Å². The van der Waals surface area contributed by atoms with E-state index in [1.165, 1.54) is 0 Å². The predicted octanol–water partition coefficient (Wildman–Crippen LogP) is 2.61. The van der Waals surface area contributed by atoms with E-state index in [0.717, 1.165) is 11.3 Å². The highest BCUT2D eigenvalue weighted by molar-refractivity contribution is 5.99. The Morgan fingerprint density at radius 2 is 1.65 bits per heavy atom. The molecule has 0 aliphatic carbocycles. The van der Waals surface area contributed by atoms with Crippen molar-refractivity contribution in [2.45, 2.75) is 6.92 Å². The summed E-state index contributed by atoms with van der Waals surface area (Å²) in [5.41, 5.74) is 4.19. The molecule has 2 rings (SSSR count). The maximum Gasteiger partial charge on any atom is 0.277 e. The lowest BCUT2D eigenvalue weighted by atomic mass is 10.1. The predicted molar refractivity (Wildman–Crippen MR) is 78.7 cm³/mol. The summed E-state index contributed by atoms with van der Waals surface area (Å²) in [6.45, 7) is 1.78. The number of hydrogen-bond donors (Lipinski definition) is 1. The summed E-state index contributed by atoms with van der Waals surface area (Å²) >= 11 is 0. The molecular formula is C16H16N2O2. The van der Waals surface area contributed by atoms with E-state index < -0.39 is 0 Å². The van der Waals surface area contributed by atoms with Crippen molar-refractivity contribution in [2.75, 3.05) is 6.61 Å². The molecule has 0 saturated carbocycles. The van der Waals surface area contributed by atoms with E-state index >= 15 is 0 Å². The van der Waals surface area contributed by atoms with E-state index in [0.29, 0.717) is 5.75 Å². The molecule has 0 aliphatic heterocycles. The number of carbonyl (C=O) groups excluding carboxylic acids is 1. The van der Waals surface area contributed by atoms with Crippen LogP contribution in [0.15, 0.2) is 65.8 Å². The Labute approximate surface area is 118 Å². The molecule has 0 heterocycles. The fourth-order valence-electron chi connectivity index (χ4n) is 1.59. The average molecular weight is 268 g/mol. The van der Waals surface area contributed by atoms with Crippen LogP contribution in [0.2, 0.25) is 0 Å². The lowest BCUT2D eigenvalue weighted by molar-refractivity contribution is -0.123. The zero-order valence-corrected chi connectivity index (χ0v) is 11.2. The van der Waals surface area contributed by atoms with Crippen molar-refractivity contribution in [2.24, 2.45) is 5.10 Å². The van der Waals surface area contributed by atoms with E-state index in [9.17, 15) is 4.79 Å². The third-order valence-electron chi connectivity index (χ3n) is 2.65. The third-order valence-corrected chi connectivity index (χ3v) is 2.65. The number of amides is 1. The molecule has 4 nitrogen and oxygen atoms in total. The van der Waals surface area contributed by atoms with Crippen LogP contribution in [0.25, 0.3) is 0 Å². The molecule has 0 aliphatic rings. The SMILES string of the molecule is C/C(=N/NC(=O)COc1ccccc1)c1ccccc1. The standard InChI is InChI=1S/C16H16N2O2/c1-13(14-8-4-2-5-9-14)17-18-16(19)12-20-15-10-6-3-7-11-15/h2-11H,12H2,1H3,(H,18,19)/b17-13-. The molecule has 20 heavy (non-hydrogen) atoms. The van der Waals surface area contributed by atoms with Crippen LogP contribution in [-0.2, 0) is 4.79 Å². The minimum atomic E-state index is -0.288. The number of benzene rings is 2. The molecule has 1 amide bonds. The van der Waals surface area contributed by atoms with Gasteiger partial charge in [-0.1, -0.05) is 48.5 Å². The van der Waals surface area contributed by atoms with Gasteiger partial charge >= 0.3 is 0 Å². The van der Waals surface area contributed by atoms with Gasteiger partial charge in [0.2, 0.25) is 0 Å². The first-order chi connectivity index (χ1) is 9.75. The molecule has 0 aromatic heterocycles. The zero-order valence-electron chi connectivity index (χ0n) is 11.2. The number of hydrogen-bond acceptors (Lipinski definition) is 3. The summed E-state index contributed by atoms with van der Waals surface area (Å²) in [4.78, 5) is 11.6. The first-order valence-electron chi connectivity index (χ1n) is 6.32. The highest BCUT2D eigenvalue weighted by atomic mass is 16.5. The van der Waals surface area contributed by atoms with Crippen molar-refractivity contribution in [3.63, 3.8) is 0 Å². The van der Waals surface area contributed by atoms with Crippen molar-refractivity contribution in [3.05, 3.63) is 66.2 Å². The first kappa shape index (κ1) is 13.8. The number of ether oxygens (including phenoxy) is 1. The van der Waals surface area contributed by atoms with Gasteiger partial charge in [0.25, 0.3) is 5.91 Å². The molecule has 102 valence electrons. The topological polar surface area (TPSA) is 50.7 Å². The first-order valence-corrected chi connectivity index (χ1v) is 6.32. The normalized spacial score (nSPS) is 10.9. The largest absolute Gasteiger partial charge is 0.484 e. The molecule has 0 spiro atoms. The summed E-state index contributed by atoms with van der Waals surface area (Å²) < 4.78 is 5.32. The molecule has 0 bridgehead atoms. The van der Waals surface area contributed by atoms with Crippen molar-refractivity contribution in [1.82, 2.24) is 5.43 Å². The van der Waals surface area contributed by atoms with Crippen LogP contribution in [0, 0.1) is 0 Å². The Hall–Kier alpha value is -2.62. The van der Waals surface area contributed by atoms with Crippen LogP contribution in [0.3, 0.4) is 0 Å². The van der Waals surface area contributed by atoms with E-state index in [1.807, 2.05) is 55.5 Å². The summed E-state index contributed by atoms with van der Waals surface area (Å²) in [6, 6.07) is 18.8. The Morgan fingerprint density at radius 3 is 2.30 bits per heavy atom. The number of para-hydroxylation sites is 1. The molecule has 0 unspecified atom stereocenters. The highest BCUT2D eigenvalue weighted by Crippen LogP contribution is 2.07. The molecule has 0 fully saturated rings. The smallest absolute Gasteiger partial charge is 0.277 e. The second kappa shape index (κ2) is 7.09. The lowest BCUT2D eigenvalue weighted by Gasteiger charge is -2.05. The number of rotatable bonds is 5. The van der Waals surface area contributed by atoms with Gasteiger partial charge in [0.15, 0.2) is 6.61 Å². The minimum absolute atomic E-state index is 0.0599. The van der Waals surface area contributed by atoms with Crippen LogP contribution < -0.4 is 10.2 Å². The molecule has 0 atom stereocenters. The fourth-order valence-corrected chi connectivity index (χ4v) is 1.59. The van der Waals surface area contributed by atoms with Gasteiger partial charge in [0, 0.05) is 0 Å². The van der Waals surface area contributed by atoms with Crippen LogP contribution >= 0.6 is 0 Å². The number of hydrazone groups is 1. The fraction of sp³-hybridized carbons (Fsp3) is 0.125. The maximum absolute atomic E-state index is 11.6. The second-order valence-corrected chi connectivity index (χ2v) is 4.20. The van der Waals surface area contributed by atoms with E-state index in [4.69, 9.17) is 4.74 Å². The van der Waals surface area contributed by atoms with Crippen molar-refractivity contribution in [1.29, 1.82) is 0 Å². The molecule has 0 radical (unpaired) electrons. The second-order valence-electron chi connectivity index (χ2n) is 4.20. The average Bonchev–Trinajstić information content (AvgIpc) is 2.52. The Bertz CT molecular complexity index is 580. The summed E-state index contributed by atoms with van der Waals surface area (Å²) in [5, 5.41) is 4.04. The van der Waals surface area contributed by atoms with Gasteiger partial charge in [-0.25, -0.2) is 5.43 Å². The summed E-state index contributed by atoms with van der Waals surface area (Å²) in [7, 11) is 0. The van der Waals surface area contributed by atoms with E-state index in [2.05, 4.69) is 10.5 Å². The summed E-state index contributed by atoms with van der Waals surface area (Å²) in [5.74, 6) is 0.371. The summed E-state index contributed by atoms with van der Waals surface area (Å²) in [6.07, 6.45) is 0. The van der Waals surface area contributed by atoms with Crippen molar-refractivity contribution < 1.29 is 9.53 Å². The monoisotopic (exact) mass is 268 g/mol. The van der Waals surface area contributed by atoms with E-state index in [-0.39, 0.29) is 12.5 Å². The number of nitrogens with zero attached hydrogens (tertiary/aromatic N) is 1. The molecule has 2 aromatic carbocycles. The van der Waals surface area contributed by atoms with Gasteiger partial charge in [-0.15, -0.1) is 0 Å². The maximum atomic E-state index is 11.6. The van der Waals surface area contributed by atoms with Crippen LogP contribution in [0.1, 0.15) is 12.5 Å². The Kier molecular flexibility index (Phi) is 4.89. The number of carbonyl (C=O) groups is 1. The highest BCUT2D eigenvalue weighted by Gasteiger charge is 2.02. The van der Waals surface area contributed by atoms with Gasteiger partial charge in [-0.3, -0.25) is 4.79 Å².